The Morgan fingerprint density at radius 1 is 1.33 bits per heavy atom. The van der Waals surface area contributed by atoms with E-state index in [-0.39, 0.29) is 0 Å². The number of aliphatic hydroxyl groups excluding tert-OH is 1. The van der Waals surface area contributed by atoms with Crippen LogP contribution in [0.5, 0.6) is 0 Å². The van der Waals surface area contributed by atoms with Crippen molar-refractivity contribution in [2.75, 3.05) is 20.8 Å². The van der Waals surface area contributed by atoms with Crippen molar-refractivity contribution in [3.05, 3.63) is 0 Å². The van der Waals surface area contributed by atoms with Crippen LogP contribution in [0.4, 0.5) is 0 Å². The Bertz CT molecular complexity index is 123. The van der Waals surface area contributed by atoms with Gasteiger partial charge in [-0.1, -0.05) is 13.8 Å². The van der Waals surface area contributed by atoms with Gasteiger partial charge < -0.3 is 20.3 Å². The quantitative estimate of drug-likeness (QED) is 0.578. The Morgan fingerprint density at radius 2 is 1.75 bits per heavy atom. The Kier molecular flexibility index (Phi) is 4.70. The first-order valence-electron chi connectivity index (χ1n) is 3.93. The van der Waals surface area contributed by atoms with Crippen LogP contribution in [0.2, 0.25) is 0 Å². The van der Waals surface area contributed by atoms with Crippen LogP contribution in [0.15, 0.2) is 0 Å². The Balaban J connectivity index is 4.23. The minimum atomic E-state index is -0.711. The Labute approximate surface area is 73.7 Å². The maximum atomic E-state index is 9.71. The standard InChI is InChI=1S/C8H19NO3/c1-8(2,5-9)6(10)7(11-3)12-4/h6-7,10H,5,9H2,1-4H3. The molecule has 0 saturated carbocycles. The van der Waals surface area contributed by atoms with Gasteiger partial charge in [-0.05, 0) is 0 Å². The Hall–Kier alpha value is -0.160. The smallest absolute Gasteiger partial charge is 0.183 e. The molecule has 0 bridgehead atoms. The van der Waals surface area contributed by atoms with Gasteiger partial charge in [0.15, 0.2) is 6.29 Å². The minimum absolute atomic E-state index is 0.386. The molecule has 0 aliphatic heterocycles. The molecular formula is C8H19NO3. The molecule has 0 amide bonds. The summed E-state index contributed by atoms with van der Waals surface area (Å²) in [6.45, 7) is 4.11. The monoisotopic (exact) mass is 177 g/mol. The first kappa shape index (κ1) is 11.8. The van der Waals surface area contributed by atoms with E-state index in [0.717, 1.165) is 0 Å². The summed E-state index contributed by atoms with van der Waals surface area (Å²) in [5, 5.41) is 9.71. The van der Waals surface area contributed by atoms with Gasteiger partial charge in [0.25, 0.3) is 0 Å². The molecular weight excluding hydrogens is 158 g/mol. The van der Waals surface area contributed by atoms with Crippen molar-refractivity contribution in [1.82, 2.24) is 0 Å². The molecule has 0 saturated heterocycles. The van der Waals surface area contributed by atoms with Crippen LogP contribution in [-0.2, 0) is 9.47 Å². The minimum Gasteiger partial charge on any atom is -0.387 e. The van der Waals surface area contributed by atoms with E-state index in [0.29, 0.717) is 6.54 Å². The van der Waals surface area contributed by atoms with Crippen molar-refractivity contribution < 1.29 is 14.6 Å². The van der Waals surface area contributed by atoms with Gasteiger partial charge in [-0.25, -0.2) is 0 Å². The van der Waals surface area contributed by atoms with Crippen molar-refractivity contribution in [2.24, 2.45) is 11.1 Å². The lowest BCUT2D eigenvalue weighted by atomic mass is 9.86. The summed E-state index contributed by atoms with van der Waals surface area (Å²) in [5.41, 5.74) is 5.09. The van der Waals surface area contributed by atoms with Gasteiger partial charge in [-0.3, -0.25) is 0 Å². The molecule has 74 valence electrons. The summed E-state index contributed by atoms with van der Waals surface area (Å²) >= 11 is 0. The third-order valence-electron chi connectivity index (χ3n) is 2.05. The number of methoxy groups -OCH3 is 2. The van der Waals surface area contributed by atoms with Crippen LogP contribution in [-0.4, -0.2) is 38.3 Å². The fourth-order valence-corrected chi connectivity index (χ4v) is 0.843. The highest BCUT2D eigenvalue weighted by Gasteiger charge is 2.33. The van der Waals surface area contributed by atoms with Gasteiger partial charge in [0.1, 0.15) is 6.10 Å². The summed E-state index contributed by atoms with van der Waals surface area (Å²) < 4.78 is 9.84. The van der Waals surface area contributed by atoms with Gasteiger partial charge >= 0.3 is 0 Å². The van der Waals surface area contributed by atoms with Crippen LogP contribution >= 0.6 is 0 Å². The second kappa shape index (κ2) is 4.77. The van der Waals surface area contributed by atoms with E-state index in [4.69, 9.17) is 15.2 Å². The fourth-order valence-electron chi connectivity index (χ4n) is 0.843. The molecule has 0 aromatic carbocycles. The summed E-state index contributed by atoms with van der Waals surface area (Å²) in [4.78, 5) is 0. The zero-order valence-electron chi connectivity index (χ0n) is 8.20. The average Bonchev–Trinajstić information content (AvgIpc) is 2.06. The van der Waals surface area contributed by atoms with Crippen molar-refractivity contribution in [1.29, 1.82) is 0 Å². The molecule has 0 fully saturated rings. The highest BCUT2D eigenvalue weighted by Crippen LogP contribution is 2.22. The molecule has 0 aromatic rings. The number of rotatable bonds is 5. The molecule has 4 nitrogen and oxygen atoms in total. The molecule has 0 aliphatic carbocycles. The molecule has 4 heteroatoms. The van der Waals surface area contributed by atoms with E-state index in [2.05, 4.69) is 0 Å². The van der Waals surface area contributed by atoms with Gasteiger partial charge in [-0.2, -0.15) is 0 Å². The molecule has 12 heavy (non-hydrogen) atoms. The molecule has 0 radical (unpaired) electrons. The molecule has 1 unspecified atom stereocenters. The Morgan fingerprint density at radius 3 is 2.00 bits per heavy atom. The first-order valence-corrected chi connectivity index (χ1v) is 3.93. The largest absolute Gasteiger partial charge is 0.387 e. The summed E-state index contributed by atoms with van der Waals surface area (Å²) in [6.07, 6.45) is -1.32. The molecule has 1 atom stereocenters. The van der Waals surface area contributed by atoms with Crippen molar-refractivity contribution in [3.63, 3.8) is 0 Å². The van der Waals surface area contributed by atoms with Crippen LogP contribution in [0.3, 0.4) is 0 Å². The maximum absolute atomic E-state index is 9.71. The zero-order valence-corrected chi connectivity index (χ0v) is 8.20. The SMILES string of the molecule is COC(OC)C(O)C(C)(C)CN. The van der Waals surface area contributed by atoms with Gasteiger partial charge in [0.2, 0.25) is 0 Å². The first-order chi connectivity index (χ1) is 5.49. The van der Waals surface area contributed by atoms with Crippen LogP contribution in [0.1, 0.15) is 13.8 Å². The third-order valence-corrected chi connectivity index (χ3v) is 2.05. The lowest BCUT2D eigenvalue weighted by Crippen LogP contribution is -2.45. The van der Waals surface area contributed by atoms with Gasteiger partial charge in [-0.15, -0.1) is 0 Å². The second-order valence-electron chi connectivity index (χ2n) is 3.48. The van der Waals surface area contributed by atoms with Crippen LogP contribution in [0.25, 0.3) is 0 Å². The number of hydrogen-bond donors (Lipinski definition) is 2. The zero-order chi connectivity index (χ0) is 9.78. The predicted octanol–water partition coefficient (Wildman–Crippen LogP) is -0.0489. The van der Waals surface area contributed by atoms with E-state index in [1.165, 1.54) is 14.2 Å². The fraction of sp³-hybridized carbons (Fsp3) is 1.00. The number of ether oxygens (including phenoxy) is 2. The summed E-state index contributed by atoms with van der Waals surface area (Å²) in [7, 11) is 2.98. The second-order valence-corrected chi connectivity index (χ2v) is 3.48. The summed E-state index contributed by atoms with van der Waals surface area (Å²) in [6, 6.07) is 0. The maximum Gasteiger partial charge on any atom is 0.183 e. The van der Waals surface area contributed by atoms with Crippen molar-refractivity contribution in [2.45, 2.75) is 26.2 Å². The van der Waals surface area contributed by atoms with Crippen LogP contribution in [0, 0.1) is 5.41 Å². The van der Waals surface area contributed by atoms with E-state index < -0.39 is 17.8 Å². The highest BCUT2D eigenvalue weighted by molar-refractivity contribution is 4.80. The molecule has 0 heterocycles. The molecule has 0 aliphatic rings. The van der Waals surface area contributed by atoms with Crippen molar-refractivity contribution >= 4 is 0 Å². The predicted molar refractivity (Wildman–Crippen MR) is 46.6 cm³/mol. The van der Waals surface area contributed by atoms with E-state index >= 15 is 0 Å². The van der Waals surface area contributed by atoms with E-state index in [9.17, 15) is 5.11 Å². The normalized spacial score (nSPS) is 15.2. The van der Waals surface area contributed by atoms with E-state index in [1.807, 2.05) is 13.8 Å². The average molecular weight is 177 g/mol. The lowest BCUT2D eigenvalue weighted by Gasteiger charge is -2.33. The van der Waals surface area contributed by atoms with E-state index in [1.54, 1.807) is 0 Å². The van der Waals surface area contributed by atoms with Crippen molar-refractivity contribution in [3.8, 4) is 0 Å². The molecule has 0 rings (SSSR count). The number of nitrogens with two attached hydrogens (primary N) is 1. The molecule has 0 aromatic heterocycles. The highest BCUT2D eigenvalue weighted by atomic mass is 16.7. The van der Waals surface area contributed by atoms with Gasteiger partial charge in [0.05, 0.1) is 0 Å². The number of aliphatic hydroxyl groups is 1. The van der Waals surface area contributed by atoms with Crippen LogP contribution < -0.4 is 5.73 Å². The molecule has 0 spiro atoms. The third kappa shape index (κ3) is 2.71. The topological polar surface area (TPSA) is 64.7 Å². The summed E-state index contributed by atoms with van der Waals surface area (Å²) in [5.74, 6) is 0. The number of hydrogen-bond acceptors (Lipinski definition) is 4. The van der Waals surface area contributed by atoms with Gasteiger partial charge in [0, 0.05) is 26.2 Å². The molecule has 3 N–H and O–H groups in total. The lowest BCUT2D eigenvalue weighted by molar-refractivity contribution is -0.191.